The van der Waals surface area contributed by atoms with Gasteiger partial charge in [0.15, 0.2) is 11.5 Å². The highest BCUT2D eigenvalue weighted by Crippen LogP contribution is 2.19. The number of ketones is 1. The van der Waals surface area contributed by atoms with Crippen LogP contribution in [0.1, 0.15) is 36.9 Å². The Balaban J connectivity index is 1.64. The van der Waals surface area contributed by atoms with Crippen molar-refractivity contribution in [1.29, 1.82) is 0 Å². The van der Waals surface area contributed by atoms with E-state index in [0.717, 1.165) is 5.56 Å². The Hall–Kier alpha value is -3.53. The standard InChI is InChI=1S/C22H21ClN4O5/c23-17-4-2-1-3-16(17)18(30)9-13-5-7-14(8-6-13)26-21(31)19-20(25-12-24-19)22(32)27-15(10-28)11-29/h1-8,12,15,28-29H,9-11H2,(H,24,25)(H,26,31)(H,27,32). The molecule has 0 radical (unpaired) electrons. The van der Waals surface area contributed by atoms with Crippen molar-refractivity contribution in [2.24, 2.45) is 0 Å². The second-order valence-corrected chi connectivity index (χ2v) is 7.30. The Bertz CT molecular complexity index is 1110. The number of H-pyrrole nitrogens is 1. The van der Waals surface area contributed by atoms with E-state index in [1.807, 2.05) is 0 Å². The molecule has 0 aliphatic carbocycles. The zero-order valence-electron chi connectivity index (χ0n) is 16.8. The number of aromatic amines is 1. The van der Waals surface area contributed by atoms with Crippen LogP contribution in [0, 0.1) is 0 Å². The summed E-state index contributed by atoms with van der Waals surface area (Å²) in [5, 5.41) is 23.6. The average molecular weight is 457 g/mol. The lowest BCUT2D eigenvalue weighted by atomic mass is 10.0. The Kier molecular flexibility index (Phi) is 7.72. The predicted molar refractivity (Wildman–Crippen MR) is 118 cm³/mol. The zero-order valence-corrected chi connectivity index (χ0v) is 17.6. The van der Waals surface area contributed by atoms with Gasteiger partial charge in [0.25, 0.3) is 11.8 Å². The van der Waals surface area contributed by atoms with Crippen LogP contribution in [0.4, 0.5) is 5.69 Å². The Morgan fingerprint density at radius 3 is 2.34 bits per heavy atom. The molecule has 166 valence electrons. The minimum atomic E-state index is -0.859. The molecule has 3 rings (SSSR count). The minimum absolute atomic E-state index is 0.101. The quantitative estimate of drug-likeness (QED) is 0.311. The average Bonchev–Trinajstić information content (AvgIpc) is 3.29. The highest BCUT2D eigenvalue weighted by Gasteiger charge is 2.22. The number of amides is 2. The molecule has 0 bridgehead atoms. The summed E-state index contributed by atoms with van der Waals surface area (Å²) >= 11 is 6.07. The molecule has 0 aliphatic heterocycles. The number of halogens is 1. The summed E-state index contributed by atoms with van der Waals surface area (Å²) in [5.74, 6) is -1.43. The van der Waals surface area contributed by atoms with E-state index in [1.165, 1.54) is 6.33 Å². The SMILES string of the molecule is O=C(Cc1ccc(NC(=O)c2nc[nH]c2C(=O)NC(CO)CO)cc1)c1ccccc1Cl. The second-order valence-electron chi connectivity index (χ2n) is 6.89. The Labute approximate surface area is 188 Å². The molecule has 0 unspecified atom stereocenters. The second kappa shape index (κ2) is 10.7. The van der Waals surface area contributed by atoms with Crippen LogP contribution in [0.25, 0.3) is 0 Å². The number of imidazole rings is 1. The number of hydrogen-bond acceptors (Lipinski definition) is 6. The monoisotopic (exact) mass is 456 g/mol. The van der Waals surface area contributed by atoms with Crippen molar-refractivity contribution in [2.45, 2.75) is 12.5 Å². The third-order valence-corrected chi connectivity index (χ3v) is 4.94. The van der Waals surface area contributed by atoms with E-state index in [1.54, 1.807) is 48.5 Å². The van der Waals surface area contributed by atoms with Crippen molar-refractivity contribution in [3.63, 3.8) is 0 Å². The highest BCUT2D eigenvalue weighted by molar-refractivity contribution is 6.34. The number of Topliss-reactive ketones (excluding diaryl/α,β-unsaturated/α-hetero) is 1. The fourth-order valence-corrected chi connectivity index (χ4v) is 3.15. The van der Waals surface area contributed by atoms with Gasteiger partial charge >= 0.3 is 0 Å². The number of aliphatic hydroxyl groups excluding tert-OH is 2. The fraction of sp³-hybridized carbons (Fsp3) is 0.182. The van der Waals surface area contributed by atoms with Crippen LogP contribution in [0.5, 0.6) is 0 Å². The number of anilines is 1. The molecule has 2 aromatic carbocycles. The number of aromatic nitrogens is 2. The number of hydrogen-bond donors (Lipinski definition) is 5. The van der Waals surface area contributed by atoms with Crippen molar-refractivity contribution >= 4 is 34.9 Å². The first-order valence-electron chi connectivity index (χ1n) is 9.67. The van der Waals surface area contributed by atoms with Crippen LogP contribution < -0.4 is 10.6 Å². The van der Waals surface area contributed by atoms with Crippen molar-refractivity contribution in [2.75, 3.05) is 18.5 Å². The van der Waals surface area contributed by atoms with Gasteiger partial charge in [-0.15, -0.1) is 0 Å². The largest absolute Gasteiger partial charge is 0.394 e. The van der Waals surface area contributed by atoms with E-state index in [-0.39, 0.29) is 23.6 Å². The van der Waals surface area contributed by atoms with Crippen LogP contribution >= 0.6 is 11.6 Å². The first-order chi connectivity index (χ1) is 15.4. The number of benzene rings is 2. The maximum absolute atomic E-state index is 12.6. The summed E-state index contributed by atoms with van der Waals surface area (Å²) in [5.41, 5.74) is 1.39. The van der Waals surface area contributed by atoms with E-state index in [4.69, 9.17) is 21.8 Å². The van der Waals surface area contributed by atoms with Gasteiger partial charge in [-0.2, -0.15) is 0 Å². The molecule has 0 fully saturated rings. The Morgan fingerprint density at radius 1 is 1.00 bits per heavy atom. The molecule has 10 heteroatoms. The Morgan fingerprint density at radius 2 is 1.69 bits per heavy atom. The molecule has 0 saturated carbocycles. The van der Waals surface area contributed by atoms with E-state index in [0.29, 0.717) is 16.3 Å². The summed E-state index contributed by atoms with van der Waals surface area (Å²) in [6.07, 6.45) is 1.35. The molecule has 5 N–H and O–H groups in total. The number of carbonyl (C=O) groups excluding carboxylic acids is 3. The number of nitrogens with one attached hydrogen (secondary N) is 3. The zero-order chi connectivity index (χ0) is 23.1. The number of nitrogens with zero attached hydrogens (tertiary/aromatic N) is 1. The third-order valence-electron chi connectivity index (χ3n) is 4.61. The van der Waals surface area contributed by atoms with Gasteiger partial charge in [0, 0.05) is 17.7 Å². The maximum atomic E-state index is 12.6. The lowest BCUT2D eigenvalue weighted by molar-refractivity contribution is 0.0868. The molecule has 9 nitrogen and oxygen atoms in total. The molecule has 2 amide bonds. The van der Waals surface area contributed by atoms with Crippen LogP contribution in [0.3, 0.4) is 0 Å². The molecule has 0 atom stereocenters. The van der Waals surface area contributed by atoms with Gasteiger partial charge in [-0.25, -0.2) is 4.98 Å². The summed E-state index contributed by atoms with van der Waals surface area (Å²) in [6, 6.07) is 12.6. The maximum Gasteiger partial charge on any atom is 0.276 e. The summed E-state index contributed by atoms with van der Waals surface area (Å²) in [6.45, 7) is -0.910. The van der Waals surface area contributed by atoms with Crippen LogP contribution in [-0.2, 0) is 6.42 Å². The van der Waals surface area contributed by atoms with Gasteiger partial charge in [0.2, 0.25) is 0 Å². The normalized spacial score (nSPS) is 10.8. The van der Waals surface area contributed by atoms with Gasteiger partial charge in [-0.3, -0.25) is 14.4 Å². The van der Waals surface area contributed by atoms with Gasteiger partial charge in [0.1, 0.15) is 5.69 Å². The molecular weight excluding hydrogens is 436 g/mol. The molecule has 0 aliphatic rings. The van der Waals surface area contributed by atoms with Crippen LogP contribution in [0.15, 0.2) is 54.9 Å². The first-order valence-corrected chi connectivity index (χ1v) is 10.0. The lowest BCUT2D eigenvalue weighted by Crippen LogP contribution is -2.40. The molecule has 1 aromatic heterocycles. The number of aliphatic hydroxyl groups is 2. The van der Waals surface area contributed by atoms with Crippen LogP contribution in [0.2, 0.25) is 5.02 Å². The van der Waals surface area contributed by atoms with Crippen LogP contribution in [-0.4, -0.2) is 57.0 Å². The third kappa shape index (κ3) is 5.58. The first kappa shape index (κ1) is 23.1. The van der Waals surface area contributed by atoms with Crippen molar-refractivity contribution in [3.05, 3.63) is 82.4 Å². The van der Waals surface area contributed by atoms with E-state index >= 15 is 0 Å². The van der Waals surface area contributed by atoms with E-state index in [2.05, 4.69) is 20.6 Å². The van der Waals surface area contributed by atoms with Gasteiger partial charge in [-0.1, -0.05) is 35.9 Å². The number of rotatable bonds is 9. The molecule has 0 spiro atoms. The molecule has 3 aromatic rings. The lowest BCUT2D eigenvalue weighted by Gasteiger charge is -2.13. The molecule has 32 heavy (non-hydrogen) atoms. The van der Waals surface area contributed by atoms with E-state index < -0.39 is 31.1 Å². The fourth-order valence-electron chi connectivity index (χ4n) is 2.91. The number of carbonyl (C=O) groups is 3. The predicted octanol–water partition coefficient (Wildman–Crippen LogP) is 1.82. The highest BCUT2D eigenvalue weighted by atomic mass is 35.5. The van der Waals surface area contributed by atoms with Gasteiger partial charge in [0.05, 0.1) is 30.6 Å². The smallest absolute Gasteiger partial charge is 0.276 e. The topological polar surface area (TPSA) is 144 Å². The van der Waals surface area contributed by atoms with E-state index in [9.17, 15) is 14.4 Å². The van der Waals surface area contributed by atoms with Gasteiger partial charge in [-0.05, 0) is 29.8 Å². The summed E-state index contributed by atoms with van der Waals surface area (Å²) in [4.78, 5) is 43.7. The van der Waals surface area contributed by atoms with Crippen molar-refractivity contribution < 1.29 is 24.6 Å². The molecule has 0 saturated heterocycles. The van der Waals surface area contributed by atoms with Gasteiger partial charge < -0.3 is 25.8 Å². The van der Waals surface area contributed by atoms with Crippen molar-refractivity contribution in [3.8, 4) is 0 Å². The molecular formula is C22H21ClN4O5. The van der Waals surface area contributed by atoms with Crippen molar-refractivity contribution in [1.82, 2.24) is 15.3 Å². The molecule has 1 heterocycles. The summed E-state index contributed by atoms with van der Waals surface area (Å²) < 4.78 is 0. The summed E-state index contributed by atoms with van der Waals surface area (Å²) in [7, 11) is 0. The minimum Gasteiger partial charge on any atom is -0.394 e.